The zero-order valence-corrected chi connectivity index (χ0v) is 10.2. The molecule has 0 amide bonds. The number of aromatic nitrogens is 5. The molecule has 0 aliphatic heterocycles. The van der Waals surface area contributed by atoms with Crippen LogP contribution in [0.4, 0.5) is 0 Å². The van der Waals surface area contributed by atoms with Crippen LogP contribution in [0.3, 0.4) is 0 Å². The van der Waals surface area contributed by atoms with Crippen molar-refractivity contribution >= 4 is 0 Å². The lowest BCUT2D eigenvalue weighted by atomic mass is 10.3. The SMILES string of the molecule is OCc1nccn1Cc1ncn(-c2ccccc2)n1. The van der Waals surface area contributed by atoms with Crippen LogP contribution in [0.2, 0.25) is 0 Å². The molecular weight excluding hydrogens is 242 g/mol. The third kappa shape index (κ3) is 2.38. The highest BCUT2D eigenvalue weighted by Crippen LogP contribution is 2.06. The number of imidazole rings is 1. The highest BCUT2D eigenvalue weighted by Gasteiger charge is 2.06. The van der Waals surface area contributed by atoms with E-state index < -0.39 is 0 Å². The van der Waals surface area contributed by atoms with Gasteiger partial charge in [-0.2, -0.15) is 0 Å². The Morgan fingerprint density at radius 2 is 1.95 bits per heavy atom. The smallest absolute Gasteiger partial charge is 0.170 e. The minimum Gasteiger partial charge on any atom is -0.388 e. The van der Waals surface area contributed by atoms with Gasteiger partial charge in [0.25, 0.3) is 0 Å². The van der Waals surface area contributed by atoms with Crippen LogP contribution in [0.5, 0.6) is 0 Å². The first-order chi connectivity index (χ1) is 9.36. The van der Waals surface area contributed by atoms with E-state index in [4.69, 9.17) is 5.11 Å². The van der Waals surface area contributed by atoms with Crippen LogP contribution in [0, 0.1) is 0 Å². The lowest BCUT2D eigenvalue weighted by molar-refractivity contribution is 0.266. The van der Waals surface area contributed by atoms with Crippen molar-refractivity contribution in [1.82, 2.24) is 24.3 Å². The maximum Gasteiger partial charge on any atom is 0.170 e. The molecule has 1 N–H and O–H groups in total. The normalized spacial score (nSPS) is 10.8. The van der Waals surface area contributed by atoms with Crippen LogP contribution >= 0.6 is 0 Å². The highest BCUT2D eigenvalue weighted by molar-refractivity contribution is 5.29. The van der Waals surface area contributed by atoms with E-state index in [1.807, 2.05) is 34.9 Å². The van der Waals surface area contributed by atoms with E-state index >= 15 is 0 Å². The highest BCUT2D eigenvalue weighted by atomic mass is 16.3. The van der Waals surface area contributed by atoms with Crippen molar-refractivity contribution in [2.75, 3.05) is 0 Å². The minimum atomic E-state index is -0.0909. The topological polar surface area (TPSA) is 68.8 Å². The van der Waals surface area contributed by atoms with Gasteiger partial charge in [0.05, 0.1) is 12.2 Å². The van der Waals surface area contributed by atoms with Gasteiger partial charge in [-0.1, -0.05) is 18.2 Å². The molecule has 0 unspecified atom stereocenters. The molecule has 3 aromatic rings. The van der Waals surface area contributed by atoms with E-state index in [2.05, 4.69) is 15.1 Å². The Morgan fingerprint density at radius 3 is 2.74 bits per heavy atom. The molecule has 96 valence electrons. The van der Waals surface area contributed by atoms with E-state index in [9.17, 15) is 0 Å². The monoisotopic (exact) mass is 255 g/mol. The first kappa shape index (κ1) is 11.6. The molecule has 0 aliphatic rings. The van der Waals surface area contributed by atoms with Crippen molar-refractivity contribution < 1.29 is 5.11 Å². The van der Waals surface area contributed by atoms with Crippen LogP contribution in [0.25, 0.3) is 5.69 Å². The number of hydrogen-bond acceptors (Lipinski definition) is 4. The summed E-state index contributed by atoms with van der Waals surface area (Å²) in [5.74, 6) is 1.28. The van der Waals surface area contributed by atoms with Gasteiger partial charge in [0.15, 0.2) is 5.82 Å². The molecule has 0 saturated carbocycles. The van der Waals surface area contributed by atoms with E-state index in [0.29, 0.717) is 18.2 Å². The van der Waals surface area contributed by atoms with Crippen molar-refractivity contribution in [2.45, 2.75) is 13.2 Å². The number of para-hydroxylation sites is 1. The second-order valence-corrected chi connectivity index (χ2v) is 4.07. The van der Waals surface area contributed by atoms with Crippen LogP contribution in [-0.2, 0) is 13.2 Å². The van der Waals surface area contributed by atoms with Crippen LogP contribution in [-0.4, -0.2) is 29.4 Å². The molecule has 0 bridgehead atoms. The summed E-state index contributed by atoms with van der Waals surface area (Å²) in [6.07, 6.45) is 5.13. The van der Waals surface area contributed by atoms with Crippen molar-refractivity contribution in [3.8, 4) is 5.69 Å². The van der Waals surface area contributed by atoms with Crippen molar-refractivity contribution in [1.29, 1.82) is 0 Å². The molecule has 1 aromatic carbocycles. The summed E-state index contributed by atoms with van der Waals surface area (Å²) in [4.78, 5) is 8.31. The standard InChI is InChI=1S/C13H13N5O/c19-9-13-14-6-7-17(13)8-12-15-10-18(16-12)11-4-2-1-3-5-11/h1-7,10,19H,8-9H2. The lowest BCUT2D eigenvalue weighted by Crippen LogP contribution is -2.06. The quantitative estimate of drug-likeness (QED) is 0.755. The van der Waals surface area contributed by atoms with Crippen LogP contribution < -0.4 is 0 Å². The van der Waals surface area contributed by atoms with E-state index in [1.165, 1.54) is 0 Å². The van der Waals surface area contributed by atoms with E-state index in [0.717, 1.165) is 5.69 Å². The molecule has 0 atom stereocenters. The van der Waals surface area contributed by atoms with Gasteiger partial charge in [-0.15, -0.1) is 5.10 Å². The maximum absolute atomic E-state index is 9.14. The summed E-state index contributed by atoms with van der Waals surface area (Å²) >= 11 is 0. The maximum atomic E-state index is 9.14. The molecule has 0 radical (unpaired) electrons. The summed E-state index contributed by atoms with van der Waals surface area (Å²) in [6, 6.07) is 9.80. The zero-order chi connectivity index (χ0) is 13.1. The Kier molecular flexibility index (Phi) is 3.07. The number of rotatable bonds is 4. The first-order valence-electron chi connectivity index (χ1n) is 5.93. The molecule has 2 heterocycles. The second kappa shape index (κ2) is 5.03. The zero-order valence-electron chi connectivity index (χ0n) is 10.2. The number of nitrogens with zero attached hydrogens (tertiary/aromatic N) is 5. The molecule has 2 aromatic heterocycles. The van der Waals surface area contributed by atoms with Gasteiger partial charge in [-0.05, 0) is 12.1 Å². The summed E-state index contributed by atoms with van der Waals surface area (Å²) in [7, 11) is 0. The number of aliphatic hydroxyl groups excluding tert-OH is 1. The van der Waals surface area contributed by atoms with Crippen molar-refractivity contribution in [2.24, 2.45) is 0 Å². The van der Waals surface area contributed by atoms with Gasteiger partial charge in [0, 0.05) is 12.4 Å². The fourth-order valence-corrected chi connectivity index (χ4v) is 1.86. The van der Waals surface area contributed by atoms with Gasteiger partial charge in [-0.25, -0.2) is 14.6 Å². The summed E-state index contributed by atoms with van der Waals surface area (Å²) in [5, 5.41) is 13.5. The van der Waals surface area contributed by atoms with Crippen molar-refractivity contribution in [3.63, 3.8) is 0 Å². The average molecular weight is 255 g/mol. The second-order valence-electron chi connectivity index (χ2n) is 4.07. The molecular formula is C13H13N5O. The van der Waals surface area contributed by atoms with Gasteiger partial charge in [-0.3, -0.25) is 0 Å². The Labute approximate surface area is 110 Å². The Hall–Kier alpha value is -2.47. The molecule has 3 rings (SSSR count). The third-order valence-corrected chi connectivity index (χ3v) is 2.81. The van der Waals surface area contributed by atoms with Gasteiger partial charge in [0.1, 0.15) is 18.8 Å². The lowest BCUT2D eigenvalue weighted by Gasteiger charge is -2.02. The predicted octanol–water partition coefficient (Wildman–Crippen LogP) is 1.00. The summed E-state index contributed by atoms with van der Waals surface area (Å²) in [5.41, 5.74) is 0.967. The third-order valence-electron chi connectivity index (χ3n) is 2.81. The largest absolute Gasteiger partial charge is 0.388 e. The van der Waals surface area contributed by atoms with Gasteiger partial charge < -0.3 is 9.67 Å². The van der Waals surface area contributed by atoms with Crippen LogP contribution in [0.15, 0.2) is 49.1 Å². The molecule has 6 heteroatoms. The Balaban J connectivity index is 1.82. The summed E-state index contributed by atoms with van der Waals surface area (Å²) < 4.78 is 3.55. The first-order valence-corrected chi connectivity index (χ1v) is 5.93. The molecule has 0 spiro atoms. The van der Waals surface area contributed by atoms with Gasteiger partial charge in [0.2, 0.25) is 0 Å². The predicted molar refractivity (Wildman–Crippen MR) is 68.6 cm³/mol. The minimum absolute atomic E-state index is 0.0909. The fourth-order valence-electron chi connectivity index (χ4n) is 1.86. The molecule has 19 heavy (non-hydrogen) atoms. The molecule has 6 nitrogen and oxygen atoms in total. The molecule has 0 fully saturated rings. The Bertz CT molecular complexity index is 658. The number of benzene rings is 1. The molecule has 0 saturated heterocycles. The average Bonchev–Trinajstić information content (AvgIpc) is 3.09. The molecule has 0 aliphatic carbocycles. The van der Waals surface area contributed by atoms with E-state index in [1.54, 1.807) is 23.4 Å². The number of aliphatic hydroxyl groups is 1. The summed E-state index contributed by atoms with van der Waals surface area (Å²) in [6.45, 7) is 0.405. The fraction of sp³-hybridized carbons (Fsp3) is 0.154. The van der Waals surface area contributed by atoms with Crippen LogP contribution in [0.1, 0.15) is 11.6 Å². The van der Waals surface area contributed by atoms with Gasteiger partial charge >= 0.3 is 0 Å². The van der Waals surface area contributed by atoms with Crippen molar-refractivity contribution in [3.05, 3.63) is 60.7 Å². The Morgan fingerprint density at radius 1 is 1.11 bits per heavy atom. The van der Waals surface area contributed by atoms with E-state index in [-0.39, 0.29) is 6.61 Å². The number of hydrogen-bond donors (Lipinski definition) is 1.